The topological polar surface area (TPSA) is 32.8 Å². The zero-order chi connectivity index (χ0) is 14.8. The highest BCUT2D eigenvalue weighted by molar-refractivity contribution is 5.68. The van der Waals surface area contributed by atoms with Crippen molar-refractivity contribution in [2.75, 3.05) is 33.3 Å². The summed E-state index contributed by atoms with van der Waals surface area (Å²) >= 11 is 0. The minimum absolute atomic E-state index is 0.0458. The first-order chi connectivity index (χ1) is 9.37. The molecule has 0 aromatic heterocycles. The van der Waals surface area contributed by atoms with Gasteiger partial charge in [-0.3, -0.25) is 0 Å². The molecule has 0 radical (unpaired) electrons. The molecule has 2 heterocycles. The fourth-order valence-electron chi connectivity index (χ4n) is 3.15. The second kappa shape index (κ2) is 6.20. The molecule has 2 fully saturated rings. The molecule has 0 spiro atoms. The zero-order valence-corrected chi connectivity index (χ0v) is 11.7. The SMILES string of the molecule is CN1CCC([C@@H]2CCCN2C(=O)OCC(F)(F)F)CC1. The van der Waals surface area contributed by atoms with Crippen LogP contribution in [0.3, 0.4) is 0 Å². The standard InChI is InChI=1S/C13H21F3N2O2/c1-17-7-4-10(5-8-17)11-3-2-6-18(11)12(19)20-9-13(14,15)16/h10-11H,2-9H2,1H3/t11-/m0/s1. The Balaban J connectivity index is 1.88. The van der Waals surface area contributed by atoms with E-state index in [0.717, 1.165) is 38.8 Å². The zero-order valence-electron chi connectivity index (χ0n) is 11.7. The third-order valence-electron chi connectivity index (χ3n) is 4.20. The van der Waals surface area contributed by atoms with Crippen LogP contribution in [0, 0.1) is 5.92 Å². The Kier molecular flexibility index (Phi) is 4.78. The lowest BCUT2D eigenvalue weighted by Gasteiger charge is -2.36. The Hall–Kier alpha value is -0.980. The molecule has 7 heteroatoms. The Morgan fingerprint density at radius 2 is 1.85 bits per heavy atom. The summed E-state index contributed by atoms with van der Waals surface area (Å²) in [6.07, 6.45) is -1.58. The predicted molar refractivity (Wildman–Crippen MR) is 67.4 cm³/mol. The monoisotopic (exact) mass is 294 g/mol. The van der Waals surface area contributed by atoms with Gasteiger partial charge in [0.15, 0.2) is 6.61 Å². The molecule has 2 rings (SSSR count). The number of likely N-dealkylation sites (tertiary alicyclic amines) is 2. The number of ether oxygens (including phenoxy) is 1. The molecule has 0 aromatic rings. The van der Waals surface area contributed by atoms with Crippen molar-refractivity contribution in [1.29, 1.82) is 0 Å². The summed E-state index contributed by atoms with van der Waals surface area (Å²) in [5.41, 5.74) is 0. The smallest absolute Gasteiger partial charge is 0.422 e. The lowest BCUT2D eigenvalue weighted by molar-refractivity contribution is -0.162. The van der Waals surface area contributed by atoms with E-state index >= 15 is 0 Å². The van der Waals surface area contributed by atoms with Gasteiger partial charge < -0.3 is 14.5 Å². The fraction of sp³-hybridized carbons (Fsp3) is 0.923. The van der Waals surface area contributed by atoms with E-state index in [1.165, 1.54) is 4.90 Å². The molecular formula is C13H21F3N2O2. The number of alkyl halides is 3. The number of carbonyl (C=O) groups excluding carboxylic acids is 1. The Labute approximate surface area is 116 Å². The number of halogens is 3. The van der Waals surface area contributed by atoms with Crippen LogP contribution in [0.5, 0.6) is 0 Å². The third kappa shape index (κ3) is 4.01. The molecule has 0 N–H and O–H groups in total. The van der Waals surface area contributed by atoms with Gasteiger partial charge in [-0.05, 0) is 51.7 Å². The summed E-state index contributed by atoms with van der Waals surface area (Å²) in [5, 5.41) is 0. The first kappa shape index (κ1) is 15.4. The van der Waals surface area contributed by atoms with E-state index in [1.54, 1.807) is 0 Å². The molecule has 0 unspecified atom stereocenters. The number of amides is 1. The van der Waals surface area contributed by atoms with Crippen molar-refractivity contribution in [3.8, 4) is 0 Å². The van der Waals surface area contributed by atoms with Gasteiger partial charge in [0.05, 0.1) is 0 Å². The van der Waals surface area contributed by atoms with Crippen molar-refractivity contribution in [3.05, 3.63) is 0 Å². The summed E-state index contributed by atoms with van der Waals surface area (Å²) in [5.74, 6) is 0.382. The molecular weight excluding hydrogens is 273 g/mol. The quantitative estimate of drug-likeness (QED) is 0.784. The van der Waals surface area contributed by atoms with Gasteiger partial charge in [0.2, 0.25) is 0 Å². The first-order valence-corrected chi connectivity index (χ1v) is 7.05. The van der Waals surface area contributed by atoms with Crippen molar-refractivity contribution in [1.82, 2.24) is 9.80 Å². The number of piperidine rings is 1. The summed E-state index contributed by atoms with van der Waals surface area (Å²) in [7, 11) is 2.06. The second-order valence-corrected chi connectivity index (χ2v) is 5.71. The van der Waals surface area contributed by atoms with Crippen LogP contribution in [0.25, 0.3) is 0 Å². The van der Waals surface area contributed by atoms with Crippen LogP contribution in [0.15, 0.2) is 0 Å². The van der Waals surface area contributed by atoms with Crippen LogP contribution in [-0.4, -0.2) is 61.4 Å². The third-order valence-corrected chi connectivity index (χ3v) is 4.20. The molecule has 2 aliphatic heterocycles. The number of hydrogen-bond acceptors (Lipinski definition) is 3. The molecule has 116 valence electrons. The van der Waals surface area contributed by atoms with E-state index in [9.17, 15) is 18.0 Å². The van der Waals surface area contributed by atoms with Crippen molar-refractivity contribution >= 4 is 6.09 Å². The highest BCUT2D eigenvalue weighted by Gasteiger charge is 2.38. The lowest BCUT2D eigenvalue weighted by atomic mass is 9.88. The Morgan fingerprint density at radius 1 is 1.20 bits per heavy atom. The first-order valence-electron chi connectivity index (χ1n) is 7.05. The molecule has 1 amide bonds. The molecule has 1 atom stereocenters. The van der Waals surface area contributed by atoms with Crippen LogP contribution in [0.2, 0.25) is 0 Å². The Morgan fingerprint density at radius 3 is 2.45 bits per heavy atom. The summed E-state index contributed by atoms with van der Waals surface area (Å²) in [6.45, 7) is 0.968. The van der Waals surface area contributed by atoms with Crippen LogP contribution >= 0.6 is 0 Å². The lowest BCUT2D eigenvalue weighted by Crippen LogP contribution is -2.44. The van der Waals surface area contributed by atoms with Crippen molar-refractivity contribution in [2.45, 2.75) is 37.9 Å². The molecule has 4 nitrogen and oxygen atoms in total. The van der Waals surface area contributed by atoms with E-state index in [0.29, 0.717) is 12.5 Å². The molecule has 0 saturated carbocycles. The van der Waals surface area contributed by atoms with E-state index in [4.69, 9.17) is 0 Å². The van der Waals surface area contributed by atoms with Crippen LogP contribution < -0.4 is 0 Å². The number of nitrogens with zero attached hydrogens (tertiary/aromatic N) is 2. The Bertz CT molecular complexity index is 341. The molecule has 0 aliphatic carbocycles. The van der Waals surface area contributed by atoms with Crippen molar-refractivity contribution in [3.63, 3.8) is 0 Å². The molecule has 0 bridgehead atoms. The normalized spacial score (nSPS) is 26.0. The largest absolute Gasteiger partial charge is 0.440 e. The van der Waals surface area contributed by atoms with Gasteiger partial charge >= 0.3 is 12.3 Å². The minimum Gasteiger partial charge on any atom is -0.440 e. The van der Waals surface area contributed by atoms with Gasteiger partial charge in [0, 0.05) is 12.6 Å². The summed E-state index contributed by atoms with van der Waals surface area (Å²) < 4.78 is 40.7. The van der Waals surface area contributed by atoms with Gasteiger partial charge in [-0.1, -0.05) is 0 Å². The second-order valence-electron chi connectivity index (χ2n) is 5.71. The average molecular weight is 294 g/mol. The van der Waals surface area contributed by atoms with Crippen molar-refractivity contribution in [2.24, 2.45) is 5.92 Å². The maximum atomic E-state index is 12.1. The molecule has 2 saturated heterocycles. The molecule has 0 aromatic carbocycles. The van der Waals surface area contributed by atoms with Crippen molar-refractivity contribution < 1.29 is 22.7 Å². The van der Waals surface area contributed by atoms with Crippen LogP contribution in [0.4, 0.5) is 18.0 Å². The van der Waals surface area contributed by atoms with Gasteiger partial charge in [-0.2, -0.15) is 13.2 Å². The maximum absolute atomic E-state index is 12.1. The van der Waals surface area contributed by atoms with E-state index < -0.39 is 18.9 Å². The van der Waals surface area contributed by atoms with Gasteiger partial charge in [0.25, 0.3) is 0 Å². The van der Waals surface area contributed by atoms with Crippen LogP contribution in [-0.2, 0) is 4.74 Å². The number of carbonyl (C=O) groups is 1. The predicted octanol–water partition coefficient (Wildman–Crippen LogP) is 2.49. The van der Waals surface area contributed by atoms with E-state index in [2.05, 4.69) is 16.7 Å². The van der Waals surface area contributed by atoms with Gasteiger partial charge in [-0.25, -0.2) is 4.79 Å². The molecule has 20 heavy (non-hydrogen) atoms. The highest BCUT2D eigenvalue weighted by Crippen LogP contribution is 2.31. The van der Waals surface area contributed by atoms with Gasteiger partial charge in [-0.15, -0.1) is 0 Å². The van der Waals surface area contributed by atoms with E-state index in [-0.39, 0.29) is 6.04 Å². The molecule has 2 aliphatic rings. The average Bonchev–Trinajstić information content (AvgIpc) is 2.85. The minimum atomic E-state index is -4.46. The van der Waals surface area contributed by atoms with Gasteiger partial charge in [0.1, 0.15) is 0 Å². The maximum Gasteiger partial charge on any atom is 0.422 e. The number of hydrogen-bond donors (Lipinski definition) is 0. The highest BCUT2D eigenvalue weighted by atomic mass is 19.4. The van der Waals surface area contributed by atoms with Crippen LogP contribution in [0.1, 0.15) is 25.7 Å². The summed E-state index contributed by atoms with van der Waals surface area (Å²) in [6, 6.07) is 0.0458. The summed E-state index contributed by atoms with van der Waals surface area (Å²) in [4.78, 5) is 15.5. The number of rotatable bonds is 2. The fourth-order valence-corrected chi connectivity index (χ4v) is 3.15. The van der Waals surface area contributed by atoms with E-state index in [1.807, 2.05) is 0 Å².